The predicted molar refractivity (Wildman–Crippen MR) is 75.8 cm³/mol. The van der Waals surface area contributed by atoms with Gasteiger partial charge in [-0.1, -0.05) is 11.3 Å². The van der Waals surface area contributed by atoms with Gasteiger partial charge in [0.1, 0.15) is 5.01 Å². The number of halogens is 3. The number of aromatic nitrogens is 3. The second-order valence-electron chi connectivity index (χ2n) is 4.93. The van der Waals surface area contributed by atoms with Crippen molar-refractivity contribution in [3.8, 4) is 0 Å². The molecule has 0 N–H and O–H groups in total. The number of alkyl halides is 3. The standard InChI is InChI=1S/C12H13F3N4S2/c1-19(11-18-17-10(21-11)12(13,14)15)6-9-16-7-4-2-3-5-8(7)20-9/h2-6H2,1H3. The molecule has 0 spiro atoms. The van der Waals surface area contributed by atoms with E-state index in [0.29, 0.717) is 17.9 Å². The molecule has 0 saturated carbocycles. The Kier molecular flexibility index (Phi) is 3.87. The third kappa shape index (κ3) is 3.18. The van der Waals surface area contributed by atoms with Crippen molar-refractivity contribution in [2.24, 2.45) is 0 Å². The van der Waals surface area contributed by atoms with Crippen LogP contribution in [0.3, 0.4) is 0 Å². The number of aryl methyl sites for hydroxylation is 2. The Bertz CT molecular complexity index is 611. The lowest BCUT2D eigenvalue weighted by Gasteiger charge is -2.12. The second-order valence-corrected chi connectivity index (χ2v) is 7.05. The van der Waals surface area contributed by atoms with Gasteiger partial charge < -0.3 is 4.90 Å². The van der Waals surface area contributed by atoms with Crippen LogP contribution >= 0.6 is 22.7 Å². The molecule has 21 heavy (non-hydrogen) atoms. The smallest absolute Gasteiger partial charge is 0.343 e. The molecule has 2 heterocycles. The van der Waals surface area contributed by atoms with Crippen LogP contribution in [0.5, 0.6) is 0 Å². The predicted octanol–water partition coefficient (Wildman–Crippen LogP) is 3.53. The highest BCUT2D eigenvalue weighted by Gasteiger charge is 2.36. The molecule has 2 aromatic heterocycles. The summed E-state index contributed by atoms with van der Waals surface area (Å²) >= 11 is 2.21. The number of anilines is 1. The van der Waals surface area contributed by atoms with Crippen LogP contribution in [0, 0.1) is 0 Å². The van der Waals surface area contributed by atoms with Crippen LogP contribution in [0.1, 0.15) is 33.4 Å². The maximum absolute atomic E-state index is 12.5. The molecule has 9 heteroatoms. The van der Waals surface area contributed by atoms with E-state index in [0.717, 1.165) is 30.0 Å². The van der Waals surface area contributed by atoms with Crippen molar-refractivity contribution in [2.45, 2.75) is 38.4 Å². The monoisotopic (exact) mass is 334 g/mol. The van der Waals surface area contributed by atoms with Crippen LogP contribution in [0.2, 0.25) is 0 Å². The summed E-state index contributed by atoms with van der Waals surface area (Å²) < 4.78 is 37.6. The lowest BCUT2D eigenvalue weighted by molar-refractivity contribution is -0.138. The fourth-order valence-electron chi connectivity index (χ4n) is 2.23. The normalized spacial score (nSPS) is 15.0. The summed E-state index contributed by atoms with van der Waals surface area (Å²) in [5.74, 6) is 0. The van der Waals surface area contributed by atoms with Crippen molar-refractivity contribution in [1.29, 1.82) is 0 Å². The van der Waals surface area contributed by atoms with E-state index in [4.69, 9.17) is 0 Å². The van der Waals surface area contributed by atoms with E-state index in [2.05, 4.69) is 15.2 Å². The third-order valence-corrected chi connectivity index (χ3v) is 5.47. The van der Waals surface area contributed by atoms with E-state index in [1.807, 2.05) is 0 Å². The summed E-state index contributed by atoms with van der Waals surface area (Å²) in [6.45, 7) is 0.462. The molecule has 0 saturated heterocycles. The van der Waals surface area contributed by atoms with Crippen LogP contribution in [0.4, 0.5) is 18.3 Å². The Morgan fingerprint density at radius 1 is 1.14 bits per heavy atom. The second kappa shape index (κ2) is 5.53. The Labute approximate surface area is 127 Å². The van der Waals surface area contributed by atoms with Crippen LogP contribution < -0.4 is 4.90 Å². The van der Waals surface area contributed by atoms with Crippen molar-refractivity contribution in [3.63, 3.8) is 0 Å². The summed E-state index contributed by atoms with van der Waals surface area (Å²) in [6, 6.07) is 0. The first-order valence-electron chi connectivity index (χ1n) is 6.53. The molecule has 4 nitrogen and oxygen atoms in total. The van der Waals surface area contributed by atoms with E-state index in [1.54, 1.807) is 23.3 Å². The topological polar surface area (TPSA) is 41.9 Å². The average Bonchev–Trinajstić information content (AvgIpc) is 3.04. The summed E-state index contributed by atoms with van der Waals surface area (Å²) in [4.78, 5) is 7.56. The van der Waals surface area contributed by atoms with Crippen LogP contribution in [0.25, 0.3) is 0 Å². The quantitative estimate of drug-likeness (QED) is 0.861. The van der Waals surface area contributed by atoms with Crippen molar-refractivity contribution in [2.75, 3.05) is 11.9 Å². The van der Waals surface area contributed by atoms with Gasteiger partial charge >= 0.3 is 6.18 Å². The van der Waals surface area contributed by atoms with Gasteiger partial charge in [0.2, 0.25) is 10.1 Å². The summed E-state index contributed by atoms with van der Waals surface area (Å²) in [7, 11) is 1.71. The molecule has 0 amide bonds. The highest BCUT2D eigenvalue weighted by molar-refractivity contribution is 7.15. The number of hydrogen-bond donors (Lipinski definition) is 0. The number of rotatable bonds is 3. The molecule has 0 atom stereocenters. The van der Waals surface area contributed by atoms with E-state index in [1.165, 1.54) is 11.3 Å². The minimum Gasteiger partial charge on any atom is -0.343 e. The molecule has 2 aromatic rings. The molecule has 1 aliphatic carbocycles. The molecule has 1 aliphatic rings. The van der Waals surface area contributed by atoms with E-state index < -0.39 is 11.2 Å². The number of nitrogens with zero attached hydrogens (tertiary/aromatic N) is 4. The Hall–Kier alpha value is -1.22. The summed E-state index contributed by atoms with van der Waals surface area (Å²) in [5.41, 5.74) is 1.16. The van der Waals surface area contributed by atoms with Crippen molar-refractivity contribution in [3.05, 3.63) is 20.6 Å². The molecule has 0 radical (unpaired) electrons. The Balaban J connectivity index is 1.72. The minimum absolute atomic E-state index is 0.260. The van der Waals surface area contributed by atoms with Gasteiger partial charge in [-0.15, -0.1) is 21.5 Å². The fraction of sp³-hybridized carbons (Fsp3) is 0.583. The first-order valence-corrected chi connectivity index (χ1v) is 8.16. The summed E-state index contributed by atoms with van der Waals surface area (Å²) in [5, 5.41) is 7.08. The van der Waals surface area contributed by atoms with Crippen LogP contribution in [-0.4, -0.2) is 22.2 Å². The SMILES string of the molecule is CN(Cc1nc2c(s1)CCCC2)c1nnc(C(F)(F)F)s1. The summed E-state index contributed by atoms with van der Waals surface area (Å²) in [6.07, 6.45) is -0.00940. The minimum atomic E-state index is -4.43. The van der Waals surface area contributed by atoms with Gasteiger partial charge in [0, 0.05) is 11.9 Å². The molecular weight excluding hydrogens is 321 g/mol. The number of thiazole rings is 1. The molecule has 114 valence electrons. The zero-order chi connectivity index (χ0) is 15.0. The molecule has 0 unspecified atom stereocenters. The lowest BCUT2D eigenvalue weighted by atomic mass is 10.0. The first kappa shape index (κ1) is 14.7. The van der Waals surface area contributed by atoms with Gasteiger partial charge in [-0.25, -0.2) is 4.98 Å². The zero-order valence-electron chi connectivity index (χ0n) is 11.3. The fourth-order valence-corrected chi connectivity index (χ4v) is 4.11. The van der Waals surface area contributed by atoms with E-state index in [9.17, 15) is 13.2 Å². The van der Waals surface area contributed by atoms with Gasteiger partial charge in [0.05, 0.1) is 12.2 Å². The van der Waals surface area contributed by atoms with Crippen molar-refractivity contribution >= 4 is 27.8 Å². The maximum atomic E-state index is 12.5. The van der Waals surface area contributed by atoms with E-state index in [-0.39, 0.29) is 5.13 Å². The van der Waals surface area contributed by atoms with Gasteiger partial charge in [0.15, 0.2) is 0 Å². The molecule has 0 bridgehead atoms. The molecule has 0 aromatic carbocycles. The van der Waals surface area contributed by atoms with Crippen molar-refractivity contribution < 1.29 is 13.2 Å². The maximum Gasteiger partial charge on any atom is 0.445 e. The van der Waals surface area contributed by atoms with Gasteiger partial charge in [-0.2, -0.15) is 13.2 Å². The van der Waals surface area contributed by atoms with Gasteiger partial charge in [-0.3, -0.25) is 0 Å². The Morgan fingerprint density at radius 2 is 1.90 bits per heavy atom. The van der Waals surface area contributed by atoms with Gasteiger partial charge in [0.25, 0.3) is 0 Å². The number of hydrogen-bond acceptors (Lipinski definition) is 6. The molecular formula is C12H13F3N4S2. The average molecular weight is 334 g/mol. The molecule has 0 aliphatic heterocycles. The highest BCUT2D eigenvalue weighted by atomic mass is 32.1. The lowest BCUT2D eigenvalue weighted by Crippen LogP contribution is -2.16. The molecule has 0 fully saturated rings. The largest absolute Gasteiger partial charge is 0.445 e. The first-order chi connectivity index (χ1) is 9.93. The Morgan fingerprint density at radius 3 is 2.57 bits per heavy atom. The third-order valence-electron chi connectivity index (χ3n) is 3.25. The van der Waals surface area contributed by atoms with Crippen LogP contribution in [0.15, 0.2) is 0 Å². The van der Waals surface area contributed by atoms with Gasteiger partial charge in [-0.05, 0) is 25.7 Å². The van der Waals surface area contributed by atoms with E-state index >= 15 is 0 Å². The zero-order valence-corrected chi connectivity index (χ0v) is 12.9. The highest BCUT2D eigenvalue weighted by Crippen LogP contribution is 2.35. The van der Waals surface area contributed by atoms with Crippen molar-refractivity contribution in [1.82, 2.24) is 15.2 Å². The van der Waals surface area contributed by atoms with Crippen LogP contribution in [-0.2, 0) is 25.6 Å². The molecule has 3 rings (SSSR count). The number of fused-ring (bicyclic) bond motifs is 1.